The van der Waals surface area contributed by atoms with Crippen molar-refractivity contribution in [2.24, 2.45) is 5.73 Å². The van der Waals surface area contributed by atoms with Gasteiger partial charge in [0.25, 0.3) is 0 Å². The van der Waals surface area contributed by atoms with Crippen LogP contribution in [0.1, 0.15) is 24.1 Å². The van der Waals surface area contributed by atoms with Crippen molar-refractivity contribution in [2.45, 2.75) is 18.9 Å². The molecule has 0 aliphatic carbocycles. The van der Waals surface area contributed by atoms with Gasteiger partial charge in [-0.3, -0.25) is 0 Å². The predicted octanol–water partition coefficient (Wildman–Crippen LogP) is 2.02. The molecule has 0 saturated carbocycles. The van der Waals surface area contributed by atoms with E-state index in [1.165, 1.54) is 13.0 Å². The summed E-state index contributed by atoms with van der Waals surface area (Å²) in [4.78, 5) is 10.3. The van der Waals surface area contributed by atoms with Gasteiger partial charge in [0.2, 0.25) is 0 Å². The third-order valence-corrected chi connectivity index (χ3v) is 2.13. The summed E-state index contributed by atoms with van der Waals surface area (Å²) in [7, 11) is 0. The summed E-state index contributed by atoms with van der Waals surface area (Å²) in [5, 5.41) is 8.30. The summed E-state index contributed by atoms with van der Waals surface area (Å²) in [5.74, 6) is -7.92. The first-order chi connectivity index (χ1) is 7.28. The maximum absolute atomic E-state index is 13.6. The Hall–Kier alpha value is -1.56. The van der Waals surface area contributed by atoms with Gasteiger partial charge >= 0.3 is 11.9 Å². The average Bonchev–Trinajstić information content (AvgIpc) is 2.16. The lowest BCUT2D eigenvalue weighted by atomic mass is 10.0. The molecule has 1 unspecified atom stereocenters. The molecule has 0 radical (unpaired) electrons. The largest absolute Gasteiger partial charge is 0.477 e. The number of aliphatic carboxylic acids is 1. The highest BCUT2D eigenvalue weighted by atomic mass is 19.3. The Labute approximate surface area is 89.7 Å². The van der Waals surface area contributed by atoms with Gasteiger partial charge in [-0.15, -0.1) is 0 Å². The zero-order valence-corrected chi connectivity index (χ0v) is 8.38. The van der Waals surface area contributed by atoms with Crippen LogP contribution >= 0.6 is 0 Å². The van der Waals surface area contributed by atoms with Gasteiger partial charge < -0.3 is 10.8 Å². The summed E-state index contributed by atoms with van der Waals surface area (Å²) >= 11 is 0. The first-order valence-electron chi connectivity index (χ1n) is 4.44. The van der Waals surface area contributed by atoms with Gasteiger partial charge in [0.1, 0.15) is 5.82 Å². The van der Waals surface area contributed by atoms with E-state index in [4.69, 9.17) is 10.8 Å². The standard InChI is InChI=1S/C10H10F3NO2/c1-5(14)6-3-2-4-7(8(6)11)10(12,13)9(15)16/h2-5H,14H2,1H3,(H,15,16). The fraction of sp³-hybridized carbons (Fsp3) is 0.300. The number of nitrogens with two attached hydrogens (primary N) is 1. The molecule has 1 rings (SSSR count). The van der Waals surface area contributed by atoms with E-state index >= 15 is 0 Å². The number of alkyl halides is 2. The molecule has 0 aliphatic heterocycles. The Kier molecular flexibility index (Phi) is 3.23. The average molecular weight is 233 g/mol. The Morgan fingerprint density at radius 1 is 1.50 bits per heavy atom. The molecule has 1 aromatic rings. The second-order valence-corrected chi connectivity index (χ2v) is 3.38. The highest BCUT2D eigenvalue weighted by Gasteiger charge is 2.43. The van der Waals surface area contributed by atoms with Crippen molar-refractivity contribution in [3.8, 4) is 0 Å². The second kappa shape index (κ2) is 4.13. The highest BCUT2D eigenvalue weighted by molar-refractivity contribution is 5.77. The minimum atomic E-state index is -4.25. The monoisotopic (exact) mass is 233 g/mol. The van der Waals surface area contributed by atoms with Gasteiger partial charge in [0.05, 0.1) is 5.56 Å². The summed E-state index contributed by atoms with van der Waals surface area (Å²) in [6.45, 7) is 1.42. The minimum absolute atomic E-state index is 0.140. The van der Waals surface area contributed by atoms with Crippen molar-refractivity contribution in [2.75, 3.05) is 0 Å². The van der Waals surface area contributed by atoms with E-state index in [9.17, 15) is 18.0 Å². The first kappa shape index (κ1) is 12.5. The van der Waals surface area contributed by atoms with Crippen LogP contribution in [0.15, 0.2) is 18.2 Å². The number of carboxylic acids is 1. The number of halogens is 3. The molecule has 6 heteroatoms. The van der Waals surface area contributed by atoms with Crippen molar-refractivity contribution in [1.82, 2.24) is 0 Å². The molecule has 1 atom stereocenters. The van der Waals surface area contributed by atoms with E-state index in [1.54, 1.807) is 0 Å². The lowest BCUT2D eigenvalue weighted by molar-refractivity contribution is -0.166. The van der Waals surface area contributed by atoms with Crippen LogP contribution in [0.25, 0.3) is 0 Å². The molecule has 16 heavy (non-hydrogen) atoms. The van der Waals surface area contributed by atoms with Gasteiger partial charge in [-0.05, 0) is 13.0 Å². The van der Waals surface area contributed by atoms with Crippen LogP contribution in [0.5, 0.6) is 0 Å². The SMILES string of the molecule is CC(N)c1cccc(C(F)(F)C(=O)O)c1F. The van der Waals surface area contributed by atoms with Crippen molar-refractivity contribution in [3.63, 3.8) is 0 Å². The van der Waals surface area contributed by atoms with Gasteiger partial charge in [0, 0.05) is 11.6 Å². The molecule has 3 N–H and O–H groups in total. The Bertz CT molecular complexity index is 419. The topological polar surface area (TPSA) is 63.3 Å². The number of rotatable bonds is 3. The van der Waals surface area contributed by atoms with E-state index in [0.29, 0.717) is 0 Å². The van der Waals surface area contributed by atoms with Crippen LogP contribution in [-0.2, 0) is 10.7 Å². The van der Waals surface area contributed by atoms with E-state index < -0.39 is 29.3 Å². The highest BCUT2D eigenvalue weighted by Crippen LogP contribution is 2.32. The van der Waals surface area contributed by atoms with Crippen molar-refractivity contribution in [3.05, 3.63) is 35.1 Å². The number of hydrogen-bond donors (Lipinski definition) is 2. The van der Waals surface area contributed by atoms with Gasteiger partial charge in [0.15, 0.2) is 0 Å². The Morgan fingerprint density at radius 3 is 2.50 bits per heavy atom. The maximum Gasteiger partial charge on any atom is 0.379 e. The third kappa shape index (κ3) is 2.01. The lowest BCUT2D eigenvalue weighted by Crippen LogP contribution is -2.27. The van der Waals surface area contributed by atoms with Gasteiger partial charge in [-0.1, -0.05) is 12.1 Å². The van der Waals surface area contributed by atoms with Crippen molar-refractivity contribution < 1.29 is 23.1 Å². The zero-order chi connectivity index (χ0) is 12.5. The normalized spacial score (nSPS) is 13.6. The van der Waals surface area contributed by atoms with Crippen LogP contribution < -0.4 is 5.73 Å². The minimum Gasteiger partial charge on any atom is -0.477 e. The van der Waals surface area contributed by atoms with Crippen LogP contribution in [0, 0.1) is 5.82 Å². The maximum atomic E-state index is 13.6. The number of hydrogen-bond acceptors (Lipinski definition) is 2. The fourth-order valence-electron chi connectivity index (χ4n) is 1.26. The molecule has 0 aliphatic rings. The molecule has 0 amide bonds. The molecule has 0 heterocycles. The second-order valence-electron chi connectivity index (χ2n) is 3.38. The quantitative estimate of drug-likeness (QED) is 0.839. The van der Waals surface area contributed by atoms with Crippen LogP contribution in [-0.4, -0.2) is 11.1 Å². The van der Waals surface area contributed by atoms with Crippen LogP contribution in [0.4, 0.5) is 13.2 Å². The Balaban J connectivity index is 3.36. The molecule has 0 aromatic heterocycles. The number of benzene rings is 1. The summed E-state index contributed by atoms with van der Waals surface area (Å²) in [5.41, 5.74) is 4.06. The van der Waals surface area contributed by atoms with Crippen LogP contribution in [0.2, 0.25) is 0 Å². The molecule has 0 saturated heterocycles. The molecule has 88 valence electrons. The summed E-state index contributed by atoms with van der Waals surface area (Å²) < 4.78 is 39.8. The lowest BCUT2D eigenvalue weighted by Gasteiger charge is -2.15. The van der Waals surface area contributed by atoms with Crippen molar-refractivity contribution in [1.29, 1.82) is 0 Å². The first-order valence-corrected chi connectivity index (χ1v) is 4.44. The van der Waals surface area contributed by atoms with E-state index in [1.807, 2.05) is 0 Å². The molecular formula is C10H10F3NO2. The molecule has 0 bridgehead atoms. The molecule has 0 spiro atoms. The molecular weight excluding hydrogens is 223 g/mol. The zero-order valence-electron chi connectivity index (χ0n) is 8.38. The number of carboxylic acid groups (broad SMARTS) is 1. The molecule has 3 nitrogen and oxygen atoms in total. The van der Waals surface area contributed by atoms with E-state index in [2.05, 4.69) is 0 Å². The van der Waals surface area contributed by atoms with E-state index in [-0.39, 0.29) is 5.56 Å². The molecule has 0 fully saturated rings. The predicted molar refractivity (Wildman–Crippen MR) is 50.5 cm³/mol. The fourth-order valence-corrected chi connectivity index (χ4v) is 1.26. The number of carbonyl (C=O) groups is 1. The summed E-state index contributed by atoms with van der Waals surface area (Å²) in [6, 6.07) is 2.33. The molecule has 1 aromatic carbocycles. The van der Waals surface area contributed by atoms with E-state index in [0.717, 1.165) is 12.1 Å². The third-order valence-electron chi connectivity index (χ3n) is 2.13. The Morgan fingerprint density at radius 2 is 2.06 bits per heavy atom. The van der Waals surface area contributed by atoms with Crippen LogP contribution in [0.3, 0.4) is 0 Å². The smallest absolute Gasteiger partial charge is 0.379 e. The van der Waals surface area contributed by atoms with Gasteiger partial charge in [-0.2, -0.15) is 8.78 Å². The van der Waals surface area contributed by atoms with Crippen molar-refractivity contribution >= 4 is 5.97 Å². The van der Waals surface area contributed by atoms with Gasteiger partial charge in [-0.25, -0.2) is 9.18 Å². The summed E-state index contributed by atoms with van der Waals surface area (Å²) in [6.07, 6.45) is 0.